The Morgan fingerprint density at radius 2 is 2.11 bits per heavy atom. The third-order valence-corrected chi connectivity index (χ3v) is 2.69. The van der Waals surface area contributed by atoms with Gasteiger partial charge in [-0.2, -0.15) is 4.98 Å². The summed E-state index contributed by atoms with van der Waals surface area (Å²) in [7, 11) is 1.62. The number of amides is 1. The van der Waals surface area contributed by atoms with Gasteiger partial charge in [-0.25, -0.2) is 0 Å². The van der Waals surface area contributed by atoms with Gasteiger partial charge in [0, 0.05) is 32.1 Å². The van der Waals surface area contributed by atoms with Crippen LogP contribution in [0.4, 0.5) is 0 Å². The molecule has 0 bridgehead atoms. The van der Waals surface area contributed by atoms with Crippen molar-refractivity contribution in [2.75, 3.05) is 13.6 Å². The molecule has 0 radical (unpaired) electrons. The zero-order valence-electron chi connectivity index (χ0n) is 10.7. The maximum atomic E-state index is 11.4. The van der Waals surface area contributed by atoms with Crippen LogP contribution in [0.1, 0.15) is 21.8 Å². The minimum atomic E-state index is -0.0732. The molecule has 0 aliphatic carbocycles. The number of carbonyl (C=O) groups is 1. The summed E-state index contributed by atoms with van der Waals surface area (Å²) in [5, 5.41) is 9.41. The van der Waals surface area contributed by atoms with E-state index in [-0.39, 0.29) is 5.91 Å². The quantitative estimate of drug-likeness (QED) is 0.750. The van der Waals surface area contributed by atoms with E-state index in [2.05, 4.69) is 20.8 Å². The molecule has 0 fully saturated rings. The number of benzene rings is 1. The Morgan fingerprint density at radius 1 is 1.32 bits per heavy atom. The van der Waals surface area contributed by atoms with E-state index < -0.39 is 0 Å². The molecule has 2 aromatic rings. The van der Waals surface area contributed by atoms with Crippen LogP contribution in [-0.2, 0) is 13.0 Å². The van der Waals surface area contributed by atoms with Crippen molar-refractivity contribution >= 4 is 5.91 Å². The fourth-order valence-electron chi connectivity index (χ4n) is 1.65. The first-order valence-corrected chi connectivity index (χ1v) is 6.07. The second-order valence-corrected chi connectivity index (χ2v) is 4.04. The Kier molecular flexibility index (Phi) is 4.63. The van der Waals surface area contributed by atoms with Crippen LogP contribution in [0.15, 0.2) is 35.1 Å². The minimum absolute atomic E-state index is 0.0732. The smallest absolute Gasteiger partial charge is 0.251 e. The highest BCUT2D eigenvalue weighted by Crippen LogP contribution is 2.04. The first kappa shape index (κ1) is 13.2. The predicted molar refractivity (Wildman–Crippen MR) is 69.5 cm³/mol. The Hall–Kier alpha value is -2.21. The van der Waals surface area contributed by atoms with Crippen LogP contribution in [0.3, 0.4) is 0 Å². The van der Waals surface area contributed by atoms with Crippen molar-refractivity contribution in [2.24, 2.45) is 0 Å². The highest BCUT2D eigenvalue weighted by Gasteiger charge is 2.02. The van der Waals surface area contributed by atoms with Gasteiger partial charge in [0.1, 0.15) is 0 Å². The van der Waals surface area contributed by atoms with Crippen LogP contribution in [0, 0.1) is 0 Å². The minimum Gasteiger partial charge on any atom is -0.355 e. The van der Waals surface area contributed by atoms with Gasteiger partial charge >= 0.3 is 0 Å². The van der Waals surface area contributed by atoms with E-state index in [4.69, 9.17) is 4.52 Å². The zero-order chi connectivity index (χ0) is 13.5. The highest BCUT2D eigenvalue weighted by atomic mass is 16.5. The molecule has 1 aromatic carbocycles. The molecule has 6 heteroatoms. The number of nitrogens with one attached hydrogen (secondary N) is 2. The van der Waals surface area contributed by atoms with Crippen LogP contribution in [-0.4, -0.2) is 29.6 Å². The van der Waals surface area contributed by atoms with Crippen molar-refractivity contribution in [3.63, 3.8) is 0 Å². The first-order valence-electron chi connectivity index (χ1n) is 6.07. The second kappa shape index (κ2) is 6.65. The Morgan fingerprint density at radius 3 is 2.74 bits per heavy atom. The molecule has 100 valence electrons. The van der Waals surface area contributed by atoms with E-state index in [1.165, 1.54) is 6.33 Å². The largest absolute Gasteiger partial charge is 0.355 e. The molecule has 2 rings (SSSR count). The first-order chi connectivity index (χ1) is 9.29. The molecule has 0 atom stereocenters. The summed E-state index contributed by atoms with van der Waals surface area (Å²) in [6, 6.07) is 7.50. The predicted octanol–water partition coefficient (Wildman–Crippen LogP) is 0.761. The second-order valence-electron chi connectivity index (χ2n) is 4.04. The summed E-state index contributed by atoms with van der Waals surface area (Å²) < 4.78 is 4.89. The molecule has 6 nitrogen and oxygen atoms in total. The molecule has 0 saturated carbocycles. The van der Waals surface area contributed by atoms with Crippen LogP contribution in [0.5, 0.6) is 0 Å². The lowest BCUT2D eigenvalue weighted by atomic mass is 10.1. The van der Waals surface area contributed by atoms with Gasteiger partial charge in [0.05, 0.1) is 0 Å². The zero-order valence-corrected chi connectivity index (χ0v) is 10.7. The monoisotopic (exact) mass is 260 g/mol. The van der Waals surface area contributed by atoms with Crippen molar-refractivity contribution in [1.29, 1.82) is 0 Å². The average Bonchev–Trinajstić information content (AvgIpc) is 2.96. The van der Waals surface area contributed by atoms with Gasteiger partial charge in [0.15, 0.2) is 6.33 Å². The summed E-state index contributed by atoms with van der Waals surface area (Å²) in [6.45, 7) is 1.50. The number of rotatable bonds is 6. The van der Waals surface area contributed by atoms with Gasteiger partial charge in [0.2, 0.25) is 5.89 Å². The molecule has 1 heterocycles. The normalized spacial score (nSPS) is 10.4. The molecule has 0 aliphatic heterocycles. The molecule has 19 heavy (non-hydrogen) atoms. The summed E-state index contributed by atoms with van der Waals surface area (Å²) in [5.41, 5.74) is 1.79. The van der Waals surface area contributed by atoms with Gasteiger partial charge in [-0.3, -0.25) is 4.79 Å². The van der Waals surface area contributed by atoms with E-state index in [1.807, 2.05) is 24.3 Å². The fourth-order valence-corrected chi connectivity index (χ4v) is 1.65. The lowest BCUT2D eigenvalue weighted by molar-refractivity contribution is 0.0963. The molecule has 0 spiro atoms. The third kappa shape index (κ3) is 3.89. The SMILES string of the molecule is CNC(=O)c1ccc(CNCCc2ncno2)cc1. The van der Waals surface area contributed by atoms with Crippen LogP contribution >= 0.6 is 0 Å². The van der Waals surface area contributed by atoms with Crippen LogP contribution in [0.2, 0.25) is 0 Å². The van der Waals surface area contributed by atoms with Gasteiger partial charge in [-0.15, -0.1) is 0 Å². The third-order valence-electron chi connectivity index (χ3n) is 2.69. The van der Waals surface area contributed by atoms with E-state index in [0.717, 1.165) is 18.7 Å². The summed E-state index contributed by atoms with van der Waals surface area (Å²) in [6.07, 6.45) is 2.10. The number of aromatic nitrogens is 2. The van der Waals surface area contributed by atoms with Crippen molar-refractivity contribution in [1.82, 2.24) is 20.8 Å². The van der Waals surface area contributed by atoms with Crippen LogP contribution in [0.25, 0.3) is 0 Å². The summed E-state index contributed by atoms with van der Waals surface area (Å²) >= 11 is 0. The average molecular weight is 260 g/mol. The molecule has 2 N–H and O–H groups in total. The fraction of sp³-hybridized carbons (Fsp3) is 0.308. The van der Waals surface area contributed by atoms with E-state index in [9.17, 15) is 4.79 Å². The number of nitrogens with zero attached hydrogens (tertiary/aromatic N) is 2. The van der Waals surface area contributed by atoms with Crippen molar-refractivity contribution in [2.45, 2.75) is 13.0 Å². The molecule has 0 saturated heterocycles. The molecule has 1 amide bonds. The summed E-state index contributed by atoms with van der Waals surface area (Å²) in [5.74, 6) is 0.554. The molecular weight excluding hydrogens is 244 g/mol. The topological polar surface area (TPSA) is 80.0 Å². The van der Waals surface area contributed by atoms with Crippen molar-refractivity contribution < 1.29 is 9.32 Å². The Labute approximate surface area is 111 Å². The van der Waals surface area contributed by atoms with Gasteiger partial charge < -0.3 is 15.2 Å². The maximum absolute atomic E-state index is 11.4. The summed E-state index contributed by atoms with van der Waals surface area (Å²) in [4.78, 5) is 15.3. The number of hydrogen-bond donors (Lipinski definition) is 2. The molecule has 0 unspecified atom stereocenters. The molecular formula is C13H16N4O2. The van der Waals surface area contributed by atoms with Crippen molar-refractivity contribution in [3.05, 3.63) is 47.6 Å². The van der Waals surface area contributed by atoms with Gasteiger partial charge in [0.25, 0.3) is 5.91 Å². The Bertz CT molecular complexity index is 508. The van der Waals surface area contributed by atoms with Crippen LogP contribution < -0.4 is 10.6 Å². The van der Waals surface area contributed by atoms with Crippen molar-refractivity contribution in [3.8, 4) is 0 Å². The standard InChI is InChI=1S/C13H16N4O2/c1-14-13(18)11-4-2-10(3-5-11)8-15-7-6-12-16-9-17-19-12/h2-5,9,15H,6-8H2,1H3,(H,14,18). The maximum Gasteiger partial charge on any atom is 0.251 e. The number of carbonyl (C=O) groups excluding carboxylic acids is 1. The van der Waals surface area contributed by atoms with E-state index in [0.29, 0.717) is 17.9 Å². The molecule has 0 aliphatic rings. The highest BCUT2D eigenvalue weighted by molar-refractivity contribution is 5.93. The van der Waals surface area contributed by atoms with E-state index >= 15 is 0 Å². The molecule has 1 aromatic heterocycles. The lowest BCUT2D eigenvalue weighted by Crippen LogP contribution is -2.18. The van der Waals surface area contributed by atoms with Gasteiger partial charge in [-0.05, 0) is 17.7 Å². The lowest BCUT2D eigenvalue weighted by Gasteiger charge is -2.04. The van der Waals surface area contributed by atoms with Gasteiger partial charge in [-0.1, -0.05) is 17.3 Å². The van der Waals surface area contributed by atoms with E-state index in [1.54, 1.807) is 7.05 Å². The number of hydrogen-bond acceptors (Lipinski definition) is 5. The Balaban J connectivity index is 1.75.